The van der Waals surface area contributed by atoms with E-state index in [1.165, 1.54) is 11.1 Å². The summed E-state index contributed by atoms with van der Waals surface area (Å²) in [5.41, 5.74) is 6.23. The Morgan fingerprint density at radius 3 is 2.35 bits per heavy atom. The van der Waals surface area contributed by atoms with Gasteiger partial charge in [0.15, 0.2) is 5.65 Å². The summed E-state index contributed by atoms with van der Waals surface area (Å²) in [6.07, 6.45) is 0. The van der Waals surface area contributed by atoms with Crippen molar-refractivity contribution < 1.29 is 0 Å². The van der Waals surface area contributed by atoms with Crippen molar-refractivity contribution in [1.82, 2.24) is 14.5 Å². The fourth-order valence-electron chi connectivity index (χ4n) is 2.54. The molecular weight excluding hydrogens is 270 g/mol. The second-order valence-electron chi connectivity index (χ2n) is 5.14. The number of hydrogen-bond acceptors (Lipinski definition) is 2. The van der Waals surface area contributed by atoms with Crippen LogP contribution in [0.3, 0.4) is 0 Å². The summed E-state index contributed by atoms with van der Waals surface area (Å²) >= 11 is 6.06. The highest BCUT2D eigenvalue weighted by Gasteiger charge is 2.13. The highest BCUT2D eigenvalue weighted by molar-refractivity contribution is 6.16. The molecule has 1 aromatic carbocycles. The zero-order chi connectivity index (χ0) is 14.3. The lowest BCUT2D eigenvalue weighted by molar-refractivity contribution is 0.963. The molecule has 3 aromatic rings. The lowest BCUT2D eigenvalue weighted by Crippen LogP contribution is -2.01. The van der Waals surface area contributed by atoms with E-state index in [0.29, 0.717) is 5.88 Å². The first-order valence-electron chi connectivity index (χ1n) is 6.58. The molecule has 0 atom stereocenters. The van der Waals surface area contributed by atoms with Crippen molar-refractivity contribution in [3.05, 3.63) is 53.0 Å². The van der Waals surface area contributed by atoms with Crippen molar-refractivity contribution in [2.75, 3.05) is 0 Å². The number of halogens is 1. The highest BCUT2D eigenvalue weighted by Crippen LogP contribution is 2.23. The van der Waals surface area contributed by atoms with Crippen LogP contribution in [0.15, 0.2) is 30.3 Å². The quantitative estimate of drug-likeness (QED) is 0.664. The molecule has 102 valence electrons. The number of fused-ring (bicyclic) bond motifs is 1. The van der Waals surface area contributed by atoms with Crippen molar-refractivity contribution in [3.63, 3.8) is 0 Å². The number of imidazole rings is 1. The monoisotopic (exact) mass is 285 g/mol. The van der Waals surface area contributed by atoms with Gasteiger partial charge in [-0.1, -0.05) is 6.07 Å². The SMILES string of the molecule is Cc1cc(C)cc(-n2c(CCl)nc3ccc(C)nc32)c1. The number of aryl methyl sites for hydroxylation is 3. The fraction of sp³-hybridized carbons (Fsp3) is 0.250. The van der Waals surface area contributed by atoms with Gasteiger partial charge in [-0.15, -0.1) is 11.6 Å². The molecule has 3 nitrogen and oxygen atoms in total. The number of benzene rings is 1. The van der Waals surface area contributed by atoms with Crippen LogP contribution in [0.4, 0.5) is 0 Å². The molecule has 0 spiro atoms. The predicted molar refractivity (Wildman–Crippen MR) is 82.6 cm³/mol. The van der Waals surface area contributed by atoms with Gasteiger partial charge in [-0.3, -0.25) is 4.57 Å². The minimum absolute atomic E-state index is 0.363. The Labute approximate surface area is 123 Å². The molecule has 0 aliphatic rings. The van der Waals surface area contributed by atoms with Crippen LogP contribution in [0.25, 0.3) is 16.9 Å². The molecule has 0 unspecified atom stereocenters. The van der Waals surface area contributed by atoms with E-state index in [0.717, 1.165) is 28.4 Å². The van der Waals surface area contributed by atoms with Crippen LogP contribution in [0.2, 0.25) is 0 Å². The Morgan fingerprint density at radius 2 is 1.70 bits per heavy atom. The molecule has 20 heavy (non-hydrogen) atoms. The maximum absolute atomic E-state index is 6.06. The molecule has 0 saturated carbocycles. The maximum Gasteiger partial charge on any atom is 0.164 e. The zero-order valence-corrected chi connectivity index (χ0v) is 12.6. The van der Waals surface area contributed by atoms with Crippen LogP contribution in [-0.4, -0.2) is 14.5 Å². The molecule has 0 N–H and O–H groups in total. The standard InChI is InChI=1S/C16H16ClN3/c1-10-6-11(2)8-13(7-10)20-15(9-17)19-14-5-4-12(3)18-16(14)20/h4-8H,9H2,1-3H3. The Bertz CT molecular complexity index is 770. The number of alkyl halides is 1. The van der Waals surface area contributed by atoms with Crippen LogP contribution < -0.4 is 0 Å². The minimum Gasteiger partial charge on any atom is -0.280 e. The summed E-state index contributed by atoms with van der Waals surface area (Å²) in [4.78, 5) is 9.20. The summed E-state index contributed by atoms with van der Waals surface area (Å²) in [6.45, 7) is 6.17. The van der Waals surface area contributed by atoms with Gasteiger partial charge in [0.1, 0.15) is 11.3 Å². The molecule has 0 saturated heterocycles. The fourth-order valence-corrected chi connectivity index (χ4v) is 2.72. The van der Waals surface area contributed by atoms with Crippen molar-refractivity contribution in [3.8, 4) is 5.69 Å². The van der Waals surface area contributed by atoms with Gasteiger partial charge in [0.25, 0.3) is 0 Å². The van der Waals surface area contributed by atoms with Crippen molar-refractivity contribution >= 4 is 22.8 Å². The lowest BCUT2D eigenvalue weighted by atomic mass is 10.1. The summed E-state index contributed by atoms with van der Waals surface area (Å²) in [5.74, 6) is 1.19. The number of pyridine rings is 1. The average molecular weight is 286 g/mol. The molecule has 0 radical (unpaired) electrons. The van der Waals surface area contributed by atoms with Crippen LogP contribution >= 0.6 is 11.6 Å². The second-order valence-corrected chi connectivity index (χ2v) is 5.41. The smallest absolute Gasteiger partial charge is 0.164 e. The summed E-state index contributed by atoms with van der Waals surface area (Å²) < 4.78 is 2.05. The number of aromatic nitrogens is 3. The molecular formula is C16H16ClN3. The third kappa shape index (κ3) is 2.18. The Morgan fingerprint density at radius 1 is 1.00 bits per heavy atom. The summed E-state index contributed by atoms with van der Waals surface area (Å²) in [5, 5.41) is 0. The predicted octanol–water partition coefficient (Wildman–Crippen LogP) is 4.08. The van der Waals surface area contributed by atoms with E-state index in [9.17, 15) is 0 Å². The second kappa shape index (κ2) is 4.91. The van der Waals surface area contributed by atoms with E-state index in [1.807, 2.05) is 19.1 Å². The van der Waals surface area contributed by atoms with Crippen molar-refractivity contribution in [2.24, 2.45) is 0 Å². The third-order valence-corrected chi connectivity index (χ3v) is 3.54. The van der Waals surface area contributed by atoms with Crippen molar-refractivity contribution in [1.29, 1.82) is 0 Å². The van der Waals surface area contributed by atoms with Gasteiger partial charge >= 0.3 is 0 Å². The number of nitrogens with zero attached hydrogens (tertiary/aromatic N) is 3. The third-order valence-electron chi connectivity index (χ3n) is 3.30. The van der Waals surface area contributed by atoms with Crippen LogP contribution in [0.1, 0.15) is 22.6 Å². The van der Waals surface area contributed by atoms with Gasteiger partial charge in [-0.25, -0.2) is 9.97 Å². The first-order valence-corrected chi connectivity index (χ1v) is 7.11. The molecule has 0 aliphatic carbocycles. The molecule has 0 aliphatic heterocycles. The first kappa shape index (κ1) is 13.1. The first-order chi connectivity index (χ1) is 9.58. The van der Waals surface area contributed by atoms with E-state index in [4.69, 9.17) is 11.6 Å². The number of rotatable bonds is 2. The van der Waals surface area contributed by atoms with Gasteiger partial charge in [0.2, 0.25) is 0 Å². The topological polar surface area (TPSA) is 30.7 Å². The van der Waals surface area contributed by atoms with E-state index >= 15 is 0 Å². The largest absolute Gasteiger partial charge is 0.280 e. The zero-order valence-electron chi connectivity index (χ0n) is 11.8. The van der Waals surface area contributed by atoms with E-state index < -0.39 is 0 Å². The Hall–Kier alpha value is -1.87. The van der Waals surface area contributed by atoms with Crippen LogP contribution in [0, 0.1) is 20.8 Å². The molecule has 0 fully saturated rings. The Balaban J connectivity index is 2.35. The van der Waals surface area contributed by atoms with E-state index in [2.05, 4.69) is 46.6 Å². The van der Waals surface area contributed by atoms with Gasteiger partial charge < -0.3 is 0 Å². The molecule has 4 heteroatoms. The lowest BCUT2D eigenvalue weighted by Gasteiger charge is -2.09. The van der Waals surface area contributed by atoms with E-state index in [1.54, 1.807) is 0 Å². The van der Waals surface area contributed by atoms with Gasteiger partial charge in [0, 0.05) is 11.4 Å². The molecule has 0 bridgehead atoms. The molecule has 3 rings (SSSR count). The summed E-state index contributed by atoms with van der Waals surface area (Å²) in [6, 6.07) is 10.4. The normalized spacial score (nSPS) is 11.2. The van der Waals surface area contributed by atoms with Gasteiger partial charge in [-0.2, -0.15) is 0 Å². The maximum atomic E-state index is 6.06. The highest BCUT2D eigenvalue weighted by atomic mass is 35.5. The van der Waals surface area contributed by atoms with E-state index in [-0.39, 0.29) is 0 Å². The van der Waals surface area contributed by atoms with Crippen molar-refractivity contribution in [2.45, 2.75) is 26.7 Å². The molecule has 0 amide bonds. The molecule has 2 aromatic heterocycles. The van der Waals surface area contributed by atoms with Gasteiger partial charge in [-0.05, 0) is 56.2 Å². The van der Waals surface area contributed by atoms with Crippen LogP contribution in [0.5, 0.6) is 0 Å². The Kier molecular flexibility index (Phi) is 3.22. The van der Waals surface area contributed by atoms with Gasteiger partial charge in [0.05, 0.1) is 5.88 Å². The molecule has 2 heterocycles. The summed E-state index contributed by atoms with van der Waals surface area (Å²) in [7, 11) is 0. The minimum atomic E-state index is 0.363. The average Bonchev–Trinajstić information content (AvgIpc) is 2.75. The van der Waals surface area contributed by atoms with Crippen LogP contribution in [-0.2, 0) is 5.88 Å². The number of hydrogen-bond donors (Lipinski definition) is 0.